The second kappa shape index (κ2) is 14.1. The summed E-state index contributed by atoms with van der Waals surface area (Å²) in [5.74, 6) is 1.78. The fourth-order valence-electron chi connectivity index (χ4n) is 7.77. The monoisotopic (exact) mass is 732 g/mol. The molecule has 0 saturated heterocycles. The number of benzene rings is 8. The Hall–Kier alpha value is -7.83. The van der Waals surface area contributed by atoms with Crippen LogP contribution >= 0.6 is 0 Å². The molecular formula is C51H36N6. The molecule has 6 nitrogen and oxygen atoms in total. The van der Waals surface area contributed by atoms with Gasteiger partial charge in [0, 0.05) is 50.0 Å². The number of anilines is 2. The number of nitrogens with zero attached hydrogens (tertiary/aromatic N) is 4. The van der Waals surface area contributed by atoms with E-state index in [4.69, 9.17) is 26.4 Å². The Morgan fingerprint density at radius 2 is 0.667 bits per heavy atom. The Labute approximate surface area is 330 Å². The van der Waals surface area contributed by atoms with Gasteiger partial charge in [0.15, 0.2) is 17.5 Å². The van der Waals surface area contributed by atoms with Crippen LogP contribution in [0.1, 0.15) is 0 Å². The molecule has 270 valence electrons. The molecule has 0 aliphatic rings. The van der Waals surface area contributed by atoms with Gasteiger partial charge in [-0.1, -0.05) is 146 Å². The molecule has 2 aromatic heterocycles. The maximum atomic E-state index is 6.41. The topological polar surface area (TPSA) is 95.6 Å². The quantitative estimate of drug-likeness (QED) is 0.159. The fraction of sp³-hybridized carbons (Fsp3) is 0. The van der Waals surface area contributed by atoms with Crippen LogP contribution in [0.2, 0.25) is 0 Å². The van der Waals surface area contributed by atoms with Crippen LogP contribution in [0.15, 0.2) is 194 Å². The number of hydrogen-bond donors (Lipinski definition) is 2. The van der Waals surface area contributed by atoms with Crippen LogP contribution in [0.5, 0.6) is 0 Å². The third kappa shape index (κ3) is 6.25. The summed E-state index contributed by atoms with van der Waals surface area (Å²) in [4.78, 5) is 15.5. The van der Waals surface area contributed by atoms with Crippen molar-refractivity contribution in [2.24, 2.45) is 0 Å². The molecule has 0 fully saturated rings. The molecule has 0 unspecified atom stereocenters. The van der Waals surface area contributed by atoms with Crippen molar-refractivity contribution in [2.75, 3.05) is 11.5 Å². The summed E-state index contributed by atoms with van der Waals surface area (Å²) in [6, 6.07) is 66.6. The molecule has 0 aliphatic heterocycles. The Morgan fingerprint density at radius 3 is 1.12 bits per heavy atom. The molecular weight excluding hydrogens is 697 g/mol. The zero-order chi connectivity index (χ0) is 38.3. The molecule has 0 atom stereocenters. The van der Waals surface area contributed by atoms with E-state index < -0.39 is 0 Å². The first-order chi connectivity index (χ1) is 28.1. The van der Waals surface area contributed by atoms with Gasteiger partial charge in [-0.2, -0.15) is 0 Å². The predicted molar refractivity (Wildman–Crippen MR) is 236 cm³/mol. The Bertz CT molecular complexity index is 2930. The maximum absolute atomic E-state index is 6.41. The normalized spacial score (nSPS) is 11.3. The lowest BCUT2D eigenvalue weighted by Gasteiger charge is -2.21. The van der Waals surface area contributed by atoms with Crippen molar-refractivity contribution >= 4 is 33.2 Å². The first kappa shape index (κ1) is 33.7. The highest BCUT2D eigenvalue weighted by molar-refractivity contribution is 6.12. The number of nitrogens with two attached hydrogens (primary N) is 2. The first-order valence-electron chi connectivity index (χ1n) is 18.9. The van der Waals surface area contributed by atoms with Crippen molar-refractivity contribution in [3.8, 4) is 73.2 Å². The van der Waals surface area contributed by atoms with Gasteiger partial charge in [-0.25, -0.2) is 15.0 Å². The van der Waals surface area contributed by atoms with Crippen molar-refractivity contribution in [1.29, 1.82) is 0 Å². The number of aromatic nitrogens is 4. The highest BCUT2D eigenvalue weighted by atomic mass is 15.0. The van der Waals surface area contributed by atoms with Crippen molar-refractivity contribution in [2.45, 2.75) is 0 Å². The standard InChI is InChI=1S/C51H36N6/c52-40-25-27-46-44(31-40)45-32-41(53)26-28-47(45)57(46)48-42(35-15-7-2-8-16-35)29-39(30-43(48)36-17-9-3-10-18-36)51-55-49(37-19-11-4-12-20-37)54-50(56-51)38-23-21-34(22-24-38)33-13-5-1-6-14-33/h1-32H,52-53H2. The Kier molecular flexibility index (Phi) is 8.34. The zero-order valence-corrected chi connectivity index (χ0v) is 30.9. The molecule has 0 saturated carbocycles. The van der Waals surface area contributed by atoms with E-state index in [9.17, 15) is 0 Å². The minimum absolute atomic E-state index is 0.578. The molecule has 10 aromatic rings. The number of nitrogen functional groups attached to an aromatic ring is 2. The largest absolute Gasteiger partial charge is 0.399 e. The van der Waals surface area contributed by atoms with Crippen molar-refractivity contribution in [1.82, 2.24) is 19.5 Å². The lowest BCUT2D eigenvalue weighted by molar-refractivity contribution is 1.07. The maximum Gasteiger partial charge on any atom is 0.164 e. The van der Waals surface area contributed by atoms with Crippen LogP contribution in [0.25, 0.3) is 95.0 Å². The van der Waals surface area contributed by atoms with Gasteiger partial charge in [0.1, 0.15) is 0 Å². The van der Waals surface area contributed by atoms with E-state index in [2.05, 4.69) is 126 Å². The lowest BCUT2D eigenvalue weighted by atomic mass is 9.92. The number of fused-ring (bicyclic) bond motifs is 3. The van der Waals surface area contributed by atoms with Gasteiger partial charge >= 0.3 is 0 Å². The molecule has 4 N–H and O–H groups in total. The van der Waals surface area contributed by atoms with Crippen LogP contribution in [0.4, 0.5) is 11.4 Å². The molecule has 2 heterocycles. The van der Waals surface area contributed by atoms with E-state index in [-0.39, 0.29) is 0 Å². The van der Waals surface area contributed by atoms with E-state index in [1.54, 1.807) is 0 Å². The van der Waals surface area contributed by atoms with E-state index in [1.807, 2.05) is 72.8 Å². The zero-order valence-electron chi connectivity index (χ0n) is 30.9. The Balaban J connectivity index is 1.26. The molecule has 0 amide bonds. The summed E-state index contributed by atoms with van der Waals surface area (Å²) in [5, 5.41) is 2.07. The summed E-state index contributed by atoms with van der Waals surface area (Å²) in [7, 11) is 0. The molecule has 6 heteroatoms. The van der Waals surface area contributed by atoms with Crippen LogP contribution < -0.4 is 11.5 Å². The number of hydrogen-bond acceptors (Lipinski definition) is 5. The van der Waals surface area contributed by atoms with Crippen molar-refractivity contribution < 1.29 is 0 Å². The minimum Gasteiger partial charge on any atom is -0.399 e. The van der Waals surface area contributed by atoms with E-state index >= 15 is 0 Å². The molecule has 0 bridgehead atoms. The summed E-state index contributed by atoms with van der Waals surface area (Å²) in [5.41, 5.74) is 26.4. The van der Waals surface area contributed by atoms with E-state index in [0.29, 0.717) is 28.8 Å². The highest BCUT2D eigenvalue weighted by Gasteiger charge is 2.23. The van der Waals surface area contributed by atoms with Crippen LogP contribution in [0.3, 0.4) is 0 Å². The molecule has 10 rings (SSSR count). The lowest BCUT2D eigenvalue weighted by Crippen LogP contribution is -2.04. The van der Waals surface area contributed by atoms with Crippen molar-refractivity contribution in [3.63, 3.8) is 0 Å². The molecule has 57 heavy (non-hydrogen) atoms. The van der Waals surface area contributed by atoms with Crippen LogP contribution in [-0.2, 0) is 0 Å². The van der Waals surface area contributed by atoms with Crippen molar-refractivity contribution in [3.05, 3.63) is 194 Å². The van der Waals surface area contributed by atoms with Crippen LogP contribution in [-0.4, -0.2) is 19.5 Å². The highest BCUT2D eigenvalue weighted by Crippen LogP contribution is 2.44. The minimum atomic E-state index is 0.578. The van der Waals surface area contributed by atoms with Gasteiger partial charge in [0.25, 0.3) is 0 Å². The average Bonchev–Trinajstić information content (AvgIpc) is 3.59. The van der Waals surface area contributed by atoms with Gasteiger partial charge < -0.3 is 16.0 Å². The van der Waals surface area contributed by atoms with Crippen LogP contribution in [0, 0.1) is 0 Å². The summed E-state index contributed by atoms with van der Waals surface area (Å²) in [6.45, 7) is 0. The summed E-state index contributed by atoms with van der Waals surface area (Å²) >= 11 is 0. The number of rotatable bonds is 7. The van der Waals surface area contributed by atoms with Gasteiger partial charge in [-0.05, 0) is 70.8 Å². The molecule has 8 aromatic carbocycles. The molecule has 0 spiro atoms. The third-order valence-electron chi connectivity index (χ3n) is 10.5. The molecule has 0 aliphatic carbocycles. The smallest absolute Gasteiger partial charge is 0.164 e. The SMILES string of the molecule is Nc1ccc2c(c1)c1cc(N)ccc1n2-c1c(-c2ccccc2)cc(-c2nc(-c3ccccc3)nc(-c3ccc(-c4ccccc4)cc3)n2)cc1-c1ccccc1. The van der Waals surface area contributed by atoms with E-state index in [1.165, 1.54) is 0 Å². The van der Waals surface area contributed by atoms with Gasteiger partial charge in [0.05, 0.1) is 16.7 Å². The fourth-order valence-corrected chi connectivity index (χ4v) is 7.77. The average molecular weight is 733 g/mol. The van der Waals surface area contributed by atoms with Gasteiger partial charge in [-0.3, -0.25) is 0 Å². The van der Waals surface area contributed by atoms with Gasteiger partial charge in [-0.15, -0.1) is 0 Å². The first-order valence-corrected chi connectivity index (χ1v) is 18.9. The van der Waals surface area contributed by atoms with Gasteiger partial charge in [0.2, 0.25) is 0 Å². The van der Waals surface area contributed by atoms with E-state index in [0.717, 1.165) is 77.6 Å². The third-order valence-corrected chi connectivity index (χ3v) is 10.5. The summed E-state index contributed by atoms with van der Waals surface area (Å²) in [6.07, 6.45) is 0. The summed E-state index contributed by atoms with van der Waals surface area (Å²) < 4.78 is 2.35. The second-order valence-electron chi connectivity index (χ2n) is 14.2. The predicted octanol–water partition coefficient (Wildman–Crippen LogP) is 12.1. The Morgan fingerprint density at radius 1 is 0.316 bits per heavy atom. The second-order valence-corrected chi connectivity index (χ2v) is 14.2. The molecule has 0 radical (unpaired) electrons.